The van der Waals surface area contributed by atoms with Gasteiger partial charge in [0.15, 0.2) is 34.5 Å². The molecule has 0 fully saturated rings. The van der Waals surface area contributed by atoms with Crippen LogP contribution in [0.4, 0.5) is 0 Å². The number of fused-ring (bicyclic) bond motifs is 3. The van der Waals surface area contributed by atoms with Crippen molar-refractivity contribution >= 4 is 11.9 Å². The van der Waals surface area contributed by atoms with Crippen molar-refractivity contribution in [2.24, 2.45) is 11.5 Å². The van der Waals surface area contributed by atoms with Gasteiger partial charge in [0.1, 0.15) is 12.8 Å². The Balaban J connectivity index is 0.000000312. The quantitative estimate of drug-likeness (QED) is 0.301. The van der Waals surface area contributed by atoms with E-state index < -0.39 is 18.5 Å². The van der Waals surface area contributed by atoms with Crippen LogP contribution < -0.4 is 39.9 Å². The van der Waals surface area contributed by atoms with Crippen molar-refractivity contribution in [2.75, 3.05) is 13.7 Å². The van der Waals surface area contributed by atoms with E-state index in [1.807, 2.05) is 90.1 Å². The lowest BCUT2D eigenvalue weighted by Crippen LogP contribution is -2.26. The van der Waals surface area contributed by atoms with E-state index in [0.717, 1.165) is 17.9 Å². The number of para-hydroxylation sites is 6. The molecular weight excluding hydrogens is 580 g/mol. The number of ether oxygens (including phenoxy) is 7. The van der Waals surface area contributed by atoms with Gasteiger partial charge in [-0.15, -0.1) is 0 Å². The molecule has 0 saturated heterocycles. The van der Waals surface area contributed by atoms with Gasteiger partial charge in [-0.3, -0.25) is 9.59 Å². The summed E-state index contributed by atoms with van der Waals surface area (Å²) in [6, 6.07) is 22.2. The zero-order valence-electron chi connectivity index (χ0n) is 27.3. The second-order valence-electron chi connectivity index (χ2n) is 8.36. The molecule has 3 aliphatic heterocycles. The Morgan fingerprint density at radius 3 is 1.13 bits per heavy atom. The number of carbonyl (C=O) groups is 2. The number of methoxy groups -OCH3 is 1. The molecule has 0 saturated carbocycles. The summed E-state index contributed by atoms with van der Waals surface area (Å²) in [7, 11) is 1.34. The molecule has 1 amide bonds. The second-order valence-corrected chi connectivity index (χ2v) is 8.36. The fourth-order valence-corrected chi connectivity index (χ4v) is 3.66. The summed E-state index contributed by atoms with van der Waals surface area (Å²) in [5.41, 5.74) is 10.4. The SMILES string of the molecule is CC.CC.CC.COC(=O)CC1Oc2ccccc2O1.NC(=O)CC1Oc2ccccc2O1.NCCC1Oc2ccccc2O1. The van der Waals surface area contributed by atoms with E-state index in [4.69, 9.17) is 39.9 Å². The number of esters is 1. The van der Waals surface area contributed by atoms with Gasteiger partial charge in [0, 0.05) is 6.42 Å². The van der Waals surface area contributed by atoms with Gasteiger partial charge in [-0.1, -0.05) is 77.9 Å². The minimum absolute atomic E-state index is 0.0781. The Hall–Kier alpha value is -4.64. The summed E-state index contributed by atoms with van der Waals surface area (Å²) in [4.78, 5) is 21.5. The van der Waals surface area contributed by atoms with E-state index in [-0.39, 0.29) is 25.1 Å². The van der Waals surface area contributed by atoms with Crippen molar-refractivity contribution in [1.29, 1.82) is 0 Å². The minimum Gasteiger partial charge on any atom is -0.469 e. The highest BCUT2D eigenvalue weighted by atomic mass is 16.7. The van der Waals surface area contributed by atoms with E-state index in [9.17, 15) is 9.59 Å². The number of carbonyl (C=O) groups excluding carboxylic acids is 2. The van der Waals surface area contributed by atoms with Crippen LogP contribution in [0.5, 0.6) is 34.5 Å². The van der Waals surface area contributed by atoms with Crippen molar-refractivity contribution in [1.82, 2.24) is 0 Å². The normalized spacial score (nSPS) is 13.0. The molecule has 0 bridgehead atoms. The molecule has 0 aliphatic carbocycles. The smallest absolute Gasteiger partial charge is 0.313 e. The van der Waals surface area contributed by atoms with Gasteiger partial charge in [-0.25, -0.2) is 0 Å². The lowest BCUT2D eigenvalue weighted by Gasteiger charge is -2.07. The van der Waals surface area contributed by atoms with Crippen LogP contribution in [0.1, 0.15) is 60.8 Å². The van der Waals surface area contributed by atoms with Crippen molar-refractivity contribution in [3.63, 3.8) is 0 Å². The number of amides is 1. The van der Waals surface area contributed by atoms with Crippen molar-refractivity contribution < 1.29 is 42.7 Å². The van der Waals surface area contributed by atoms with Crippen LogP contribution in [-0.4, -0.2) is 44.4 Å². The fourth-order valence-electron chi connectivity index (χ4n) is 3.66. The molecule has 0 spiro atoms. The zero-order valence-corrected chi connectivity index (χ0v) is 27.3. The third-order valence-corrected chi connectivity index (χ3v) is 5.43. The first-order valence-electron chi connectivity index (χ1n) is 15.3. The summed E-state index contributed by atoms with van der Waals surface area (Å²) < 4.78 is 36.7. The number of nitrogens with two attached hydrogens (primary N) is 2. The highest BCUT2D eigenvalue weighted by Gasteiger charge is 2.27. The highest BCUT2D eigenvalue weighted by molar-refractivity contribution is 5.74. The molecule has 3 aliphatic rings. The average Bonchev–Trinajstić information content (AvgIpc) is 3.80. The molecule has 11 heteroatoms. The standard InChI is InChI=1S/C10H10O4.C9H9NO3.C9H11NO2.3C2H6/c1-12-9(11)6-10-13-7-4-2-3-5-8(7)14-10;10-8(11)5-9-12-6-3-1-2-4-7(6)13-9;10-6-5-9-11-7-3-1-2-4-8(7)12-9;3*1-2/h2-5,10H,6H2,1H3;1-4,9H,5H2,(H2,10,11);1-4,9H,5-6,10H2;3*1-2H3. The van der Waals surface area contributed by atoms with Gasteiger partial charge in [-0.2, -0.15) is 0 Å². The predicted octanol–water partition coefficient (Wildman–Crippen LogP) is 6.22. The molecule has 0 radical (unpaired) electrons. The Kier molecular flexibility index (Phi) is 18.7. The Labute approximate surface area is 266 Å². The van der Waals surface area contributed by atoms with Crippen molar-refractivity contribution in [2.45, 2.75) is 79.7 Å². The third kappa shape index (κ3) is 12.9. The number of rotatable bonds is 6. The molecule has 11 nitrogen and oxygen atoms in total. The molecular formula is C34H48N2O9. The van der Waals surface area contributed by atoms with Gasteiger partial charge in [0.25, 0.3) is 6.29 Å². The molecule has 248 valence electrons. The minimum atomic E-state index is -0.560. The third-order valence-electron chi connectivity index (χ3n) is 5.43. The van der Waals surface area contributed by atoms with Gasteiger partial charge in [0.05, 0.1) is 7.11 Å². The van der Waals surface area contributed by atoms with Crippen LogP contribution in [0.3, 0.4) is 0 Å². The van der Waals surface area contributed by atoms with Gasteiger partial charge < -0.3 is 44.6 Å². The first kappa shape index (κ1) is 38.4. The van der Waals surface area contributed by atoms with Crippen LogP contribution in [0, 0.1) is 0 Å². The zero-order chi connectivity index (χ0) is 33.6. The summed E-state index contributed by atoms with van der Waals surface area (Å²) >= 11 is 0. The van der Waals surface area contributed by atoms with Crippen LogP contribution in [0.2, 0.25) is 0 Å². The van der Waals surface area contributed by atoms with Gasteiger partial charge in [-0.05, 0) is 42.9 Å². The predicted molar refractivity (Wildman–Crippen MR) is 173 cm³/mol. The number of hydrogen-bond donors (Lipinski definition) is 2. The maximum atomic E-state index is 10.9. The van der Waals surface area contributed by atoms with E-state index >= 15 is 0 Å². The van der Waals surface area contributed by atoms with E-state index in [1.54, 1.807) is 24.3 Å². The van der Waals surface area contributed by atoms with E-state index in [0.29, 0.717) is 29.5 Å². The largest absolute Gasteiger partial charge is 0.469 e. The topological polar surface area (TPSA) is 151 Å². The Morgan fingerprint density at radius 1 is 0.578 bits per heavy atom. The molecule has 3 aromatic carbocycles. The van der Waals surface area contributed by atoms with Gasteiger partial charge >= 0.3 is 5.97 Å². The van der Waals surface area contributed by atoms with Crippen LogP contribution in [-0.2, 0) is 14.3 Å². The maximum Gasteiger partial charge on any atom is 0.313 e. The Morgan fingerprint density at radius 2 is 0.867 bits per heavy atom. The fraction of sp³-hybridized carbons (Fsp3) is 0.412. The Bertz CT molecular complexity index is 1200. The molecule has 0 aromatic heterocycles. The summed E-state index contributed by atoms with van der Waals surface area (Å²) in [5, 5.41) is 0. The number of benzene rings is 3. The second kappa shape index (κ2) is 22.0. The summed E-state index contributed by atoms with van der Waals surface area (Å²) in [6.07, 6.45) is -0.392. The molecule has 0 atom stereocenters. The molecule has 3 heterocycles. The highest BCUT2D eigenvalue weighted by Crippen LogP contribution is 2.36. The monoisotopic (exact) mass is 628 g/mol. The molecule has 45 heavy (non-hydrogen) atoms. The average molecular weight is 629 g/mol. The molecule has 6 rings (SSSR count). The van der Waals surface area contributed by atoms with Crippen molar-refractivity contribution in [3.8, 4) is 34.5 Å². The van der Waals surface area contributed by atoms with Crippen LogP contribution in [0.15, 0.2) is 72.8 Å². The number of primary amides is 1. The van der Waals surface area contributed by atoms with E-state index in [2.05, 4.69) is 4.74 Å². The van der Waals surface area contributed by atoms with Crippen LogP contribution in [0.25, 0.3) is 0 Å². The maximum absolute atomic E-state index is 10.9. The van der Waals surface area contributed by atoms with Crippen molar-refractivity contribution in [3.05, 3.63) is 72.8 Å². The lowest BCUT2D eigenvalue weighted by atomic mass is 10.3. The molecule has 3 aromatic rings. The number of hydrogen-bond acceptors (Lipinski definition) is 10. The first-order valence-corrected chi connectivity index (χ1v) is 15.3. The lowest BCUT2D eigenvalue weighted by molar-refractivity contribution is -0.145. The summed E-state index contributed by atoms with van der Waals surface area (Å²) in [6.45, 7) is 12.6. The van der Waals surface area contributed by atoms with Gasteiger partial charge in [0.2, 0.25) is 18.5 Å². The molecule has 0 unspecified atom stereocenters. The van der Waals surface area contributed by atoms with Crippen LogP contribution >= 0.6 is 0 Å². The van der Waals surface area contributed by atoms with E-state index in [1.165, 1.54) is 7.11 Å². The summed E-state index contributed by atoms with van der Waals surface area (Å²) in [5.74, 6) is 3.51. The first-order chi connectivity index (χ1) is 21.9. The molecule has 4 N–H and O–H groups in total.